The van der Waals surface area contributed by atoms with E-state index < -0.39 is 11.1 Å². The van der Waals surface area contributed by atoms with Crippen molar-refractivity contribution in [2.75, 3.05) is 0 Å². The van der Waals surface area contributed by atoms with Crippen LogP contribution in [0.2, 0.25) is 5.02 Å². The molecule has 0 radical (unpaired) electrons. The van der Waals surface area contributed by atoms with E-state index in [9.17, 15) is 13.2 Å². The lowest BCUT2D eigenvalue weighted by Crippen LogP contribution is -2.00. The van der Waals surface area contributed by atoms with Crippen LogP contribution in [-0.2, 0) is 6.18 Å². The number of halogens is 4. The number of rotatable bonds is 0. The van der Waals surface area contributed by atoms with Gasteiger partial charge in [-0.05, 0) is 6.07 Å². The first-order chi connectivity index (χ1) is 4.50. The van der Waals surface area contributed by atoms with Crippen LogP contribution in [0.4, 0.5) is 13.2 Å². The van der Waals surface area contributed by atoms with Crippen LogP contribution in [0.15, 0.2) is 11.4 Å². The van der Waals surface area contributed by atoms with Crippen LogP contribution in [0.5, 0.6) is 0 Å². The Kier molecular flexibility index (Phi) is 1.92. The first-order valence-corrected chi connectivity index (χ1v) is 3.57. The first kappa shape index (κ1) is 7.88. The summed E-state index contributed by atoms with van der Waals surface area (Å²) >= 11 is 5.88. The minimum absolute atomic E-state index is 0.136. The molecule has 0 N–H and O–H groups in total. The molecule has 1 aromatic heterocycles. The standard InChI is InChI=1S/C5H2ClF3S/c6-3-1-4(10-2-3)5(7,8)9/h1-2H. The van der Waals surface area contributed by atoms with E-state index in [-0.39, 0.29) is 5.02 Å². The fourth-order valence-corrected chi connectivity index (χ4v) is 1.41. The summed E-state index contributed by atoms with van der Waals surface area (Å²) in [7, 11) is 0. The van der Waals surface area contributed by atoms with Crippen LogP contribution in [-0.4, -0.2) is 0 Å². The lowest BCUT2D eigenvalue weighted by atomic mass is 10.5. The van der Waals surface area contributed by atoms with Gasteiger partial charge in [-0.15, -0.1) is 11.3 Å². The van der Waals surface area contributed by atoms with Crippen molar-refractivity contribution in [3.05, 3.63) is 21.3 Å². The van der Waals surface area contributed by atoms with Crippen LogP contribution in [0.25, 0.3) is 0 Å². The summed E-state index contributed by atoms with van der Waals surface area (Å²) in [6.07, 6.45) is -4.25. The van der Waals surface area contributed by atoms with E-state index in [1.165, 1.54) is 5.38 Å². The molecule has 0 unspecified atom stereocenters. The lowest BCUT2D eigenvalue weighted by Gasteiger charge is -1.99. The highest BCUT2D eigenvalue weighted by Gasteiger charge is 2.32. The quantitative estimate of drug-likeness (QED) is 0.583. The van der Waals surface area contributed by atoms with Crippen LogP contribution in [0.3, 0.4) is 0 Å². The highest BCUT2D eigenvalue weighted by atomic mass is 35.5. The minimum atomic E-state index is -4.25. The Morgan fingerprint density at radius 2 is 2.00 bits per heavy atom. The molecular formula is C5H2ClF3S. The summed E-state index contributed by atoms with van der Waals surface area (Å²) < 4.78 is 35.3. The van der Waals surface area contributed by atoms with Gasteiger partial charge in [0.25, 0.3) is 0 Å². The first-order valence-electron chi connectivity index (χ1n) is 2.31. The van der Waals surface area contributed by atoms with E-state index in [0.717, 1.165) is 6.07 Å². The average Bonchev–Trinajstić information content (AvgIpc) is 2.11. The molecule has 0 bridgehead atoms. The molecule has 10 heavy (non-hydrogen) atoms. The van der Waals surface area contributed by atoms with Gasteiger partial charge >= 0.3 is 6.18 Å². The highest BCUT2D eigenvalue weighted by molar-refractivity contribution is 7.10. The molecule has 0 aliphatic carbocycles. The van der Waals surface area contributed by atoms with Crippen molar-refractivity contribution >= 4 is 22.9 Å². The zero-order chi connectivity index (χ0) is 7.78. The van der Waals surface area contributed by atoms with Gasteiger partial charge in [0.05, 0.1) is 5.02 Å². The zero-order valence-electron chi connectivity index (χ0n) is 4.57. The number of thiophene rings is 1. The normalized spacial score (nSPS) is 12.0. The van der Waals surface area contributed by atoms with E-state index >= 15 is 0 Å². The maximum atomic E-state index is 11.8. The molecule has 56 valence electrons. The van der Waals surface area contributed by atoms with Gasteiger partial charge in [0.1, 0.15) is 4.88 Å². The largest absolute Gasteiger partial charge is 0.425 e. The van der Waals surface area contributed by atoms with Crippen LogP contribution < -0.4 is 0 Å². The van der Waals surface area contributed by atoms with E-state index in [4.69, 9.17) is 11.6 Å². The van der Waals surface area contributed by atoms with Gasteiger partial charge in [-0.3, -0.25) is 0 Å². The molecule has 0 fully saturated rings. The van der Waals surface area contributed by atoms with Crippen molar-refractivity contribution in [3.8, 4) is 0 Å². The SMILES string of the molecule is FC(F)(F)c1cc(Cl)cs1. The fourth-order valence-electron chi connectivity index (χ4n) is 0.462. The summed E-state index contributed by atoms with van der Waals surface area (Å²) in [5.41, 5.74) is 0. The van der Waals surface area contributed by atoms with E-state index in [2.05, 4.69) is 0 Å². The van der Waals surface area contributed by atoms with Crippen molar-refractivity contribution < 1.29 is 13.2 Å². The van der Waals surface area contributed by atoms with Crippen molar-refractivity contribution in [3.63, 3.8) is 0 Å². The summed E-state index contributed by atoms with van der Waals surface area (Å²) in [6, 6.07) is 0.909. The van der Waals surface area contributed by atoms with Gasteiger partial charge in [0.2, 0.25) is 0 Å². The third kappa shape index (κ3) is 1.64. The maximum Gasteiger partial charge on any atom is 0.425 e. The van der Waals surface area contributed by atoms with Crippen LogP contribution >= 0.6 is 22.9 Å². The topological polar surface area (TPSA) is 0 Å². The summed E-state index contributed by atoms with van der Waals surface area (Å²) in [6.45, 7) is 0. The van der Waals surface area contributed by atoms with Crippen molar-refractivity contribution in [1.29, 1.82) is 0 Å². The summed E-state index contributed by atoms with van der Waals surface area (Å²) in [5.74, 6) is 0. The molecule has 0 aliphatic heterocycles. The predicted molar refractivity (Wildman–Crippen MR) is 34.3 cm³/mol. The predicted octanol–water partition coefficient (Wildman–Crippen LogP) is 3.42. The zero-order valence-corrected chi connectivity index (χ0v) is 6.15. The molecule has 1 heterocycles. The molecular weight excluding hydrogens is 185 g/mol. The molecule has 1 rings (SSSR count). The second-order valence-electron chi connectivity index (χ2n) is 1.63. The number of alkyl halides is 3. The Hall–Kier alpha value is -0.220. The van der Waals surface area contributed by atoms with E-state index in [1.807, 2.05) is 0 Å². The van der Waals surface area contributed by atoms with Gasteiger partial charge in [-0.25, -0.2) is 0 Å². The smallest absolute Gasteiger partial charge is 0.165 e. The third-order valence-corrected chi connectivity index (χ3v) is 2.17. The molecule has 0 amide bonds. The number of hydrogen-bond acceptors (Lipinski definition) is 1. The molecule has 0 saturated carbocycles. The molecule has 0 nitrogen and oxygen atoms in total. The third-order valence-electron chi connectivity index (χ3n) is 0.847. The summed E-state index contributed by atoms with van der Waals surface area (Å²) in [5, 5.41) is 1.39. The Morgan fingerprint density at radius 3 is 2.20 bits per heavy atom. The van der Waals surface area contributed by atoms with Crippen molar-refractivity contribution in [2.24, 2.45) is 0 Å². The molecule has 0 aromatic carbocycles. The second kappa shape index (κ2) is 2.43. The molecule has 0 saturated heterocycles. The minimum Gasteiger partial charge on any atom is -0.165 e. The lowest BCUT2D eigenvalue weighted by molar-refractivity contribution is -0.134. The number of hydrogen-bond donors (Lipinski definition) is 0. The average molecular weight is 187 g/mol. The molecule has 0 aliphatic rings. The van der Waals surface area contributed by atoms with Crippen LogP contribution in [0, 0.1) is 0 Å². The molecule has 0 atom stereocenters. The molecule has 5 heteroatoms. The Balaban J connectivity index is 2.96. The van der Waals surface area contributed by atoms with Crippen molar-refractivity contribution in [1.82, 2.24) is 0 Å². The highest BCUT2D eigenvalue weighted by Crippen LogP contribution is 2.35. The molecule has 0 spiro atoms. The van der Waals surface area contributed by atoms with Gasteiger partial charge < -0.3 is 0 Å². The summed E-state index contributed by atoms with van der Waals surface area (Å²) in [4.78, 5) is -0.655. The van der Waals surface area contributed by atoms with Crippen LogP contribution in [0.1, 0.15) is 4.88 Å². The van der Waals surface area contributed by atoms with Gasteiger partial charge in [-0.1, -0.05) is 11.6 Å². The van der Waals surface area contributed by atoms with E-state index in [0.29, 0.717) is 11.3 Å². The Bertz CT molecular complexity index is 227. The van der Waals surface area contributed by atoms with Gasteiger partial charge in [0, 0.05) is 5.38 Å². The monoisotopic (exact) mass is 186 g/mol. The van der Waals surface area contributed by atoms with E-state index in [1.54, 1.807) is 0 Å². The fraction of sp³-hybridized carbons (Fsp3) is 0.200. The van der Waals surface area contributed by atoms with Crippen molar-refractivity contribution in [2.45, 2.75) is 6.18 Å². The second-order valence-corrected chi connectivity index (χ2v) is 2.97. The maximum absolute atomic E-state index is 11.8. The Labute approximate surface area is 64.2 Å². The Morgan fingerprint density at radius 1 is 1.40 bits per heavy atom. The molecule has 1 aromatic rings. The van der Waals surface area contributed by atoms with Gasteiger partial charge in [-0.2, -0.15) is 13.2 Å². The van der Waals surface area contributed by atoms with Gasteiger partial charge in [0.15, 0.2) is 0 Å².